The molecule has 0 amide bonds. The van der Waals surface area contributed by atoms with Crippen molar-refractivity contribution < 1.29 is 24.5 Å². The maximum absolute atomic E-state index is 11.2. The number of morpholine rings is 1. The number of carbonyl (C=O) groups is 2. The molecule has 1 aliphatic rings. The van der Waals surface area contributed by atoms with Crippen LogP contribution in [0.15, 0.2) is 0 Å². The molecule has 0 spiro atoms. The van der Waals surface area contributed by atoms with Gasteiger partial charge in [-0.1, -0.05) is 0 Å². The van der Waals surface area contributed by atoms with E-state index < -0.39 is 17.6 Å². The SMILES string of the molecule is Nc1c(C(=O)O)nn(CCN2CCOCC2)c1C(=O)O. The van der Waals surface area contributed by atoms with Crippen molar-refractivity contribution in [3.8, 4) is 0 Å². The van der Waals surface area contributed by atoms with Crippen LogP contribution in [0.5, 0.6) is 0 Å². The molecule has 4 N–H and O–H groups in total. The molecule has 1 saturated heterocycles. The van der Waals surface area contributed by atoms with Crippen molar-refractivity contribution in [1.29, 1.82) is 0 Å². The minimum absolute atomic E-state index is 0.263. The van der Waals surface area contributed by atoms with Crippen LogP contribution in [0.1, 0.15) is 21.0 Å². The van der Waals surface area contributed by atoms with Crippen molar-refractivity contribution >= 4 is 17.6 Å². The summed E-state index contributed by atoms with van der Waals surface area (Å²) >= 11 is 0. The van der Waals surface area contributed by atoms with Crippen LogP contribution >= 0.6 is 0 Å². The Kier molecular flexibility index (Phi) is 4.20. The molecule has 1 aromatic rings. The first kappa shape index (κ1) is 14.3. The fourth-order valence-corrected chi connectivity index (χ4v) is 2.08. The number of nitrogens with zero attached hydrogens (tertiary/aromatic N) is 3. The first-order valence-corrected chi connectivity index (χ1v) is 6.13. The van der Waals surface area contributed by atoms with E-state index in [9.17, 15) is 9.59 Å². The summed E-state index contributed by atoms with van der Waals surface area (Å²) in [6, 6.07) is 0. The lowest BCUT2D eigenvalue weighted by molar-refractivity contribution is 0.0356. The van der Waals surface area contributed by atoms with Gasteiger partial charge in [-0.25, -0.2) is 9.59 Å². The van der Waals surface area contributed by atoms with E-state index in [2.05, 4.69) is 10.00 Å². The van der Waals surface area contributed by atoms with Gasteiger partial charge in [0.1, 0.15) is 5.69 Å². The van der Waals surface area contributed by atoms with Crippen molar-refractivity contribution in [3.63, 3.8) is 0 Å². The summed E-state index contributed by atoms with van der Waals surface area (Å²) in [5, 5.41) is 21.8. The number of rotatable bonds is 5. The molecule has 1 fully saturated rings. The van der Waals surface area contributed by atoms with Crippen LogP contribution in [0.2, 0.25) is 0 Å². The van der Waals surface area contributed by atoms with E-state index >= 15 is 0 Å². The second-order valence-electron chi connectivity index (χ2n) is 4.40. The van der Waals surface area contributed by atoms with E-state index in [1.54, 1.807) is 0 Å². The van der Waals surface area contributed by atoms with Gasteiger partial charge in [0.2, 0.25) is 0 Å². The lowest BCUT2D eigenvalue weighted by Crippen LogP contribution is -2.38. The van der Waals surface area contributed by atoms with Crippen molar-refractivity contribution in [2.75, 3.05) is 38.6 Å². The van der Waals surface area contributed by atoms with Gasteiger partial charge in [0.25, 0.3) is 0 Å². The Balaban J connectivity index is 2.15. The minimum atomic E-state index is -1.34. The summed E-state index contributed by atoms with van der Waals surface area (Å²) in [6.45, 7) is 3.60. The zero-order chi connectivity index (χ0) is 14.7. The van der Waals surface area contributed by atoms with E-state index in [0.29, 0.717) is 19.8 Å². The van der Waals surface area contributed by atoms with Gasteiger partial charge in [-0.2, -0.15) is 5.10 Å². The standard InChI is InChI=1S/C11H16N4O5/c12-7-8(10(16)17)13-15(9(7)11(18)19)2-1-14-3-5-20-6-4-14/h1-6,12H2,(H,16,17)(H,18,19). The lowest BCUT2D eigenvalue weighted by Gasteiger charge is -2.26. The zero-order valence-corrected chi connectivity index (χ0v) is 10.8. The van der Waals surface area contributed by atoms with Gasteiger partial charge < -0.3 is 20.7 Å². The monoisotopic (exact) mass is 284 g/mol. The van der Waals surface area contributed by atoms with Gasteiger partial charge in [-0.15, -0.1) is 0 Å². The Morgan fingerprint density at radius 1 is 1.20 bits per heavy atom. The molecule has 0 aromatic carbocycles. The van der Waals surface area contributed by atoms with Gasteiger partial charge in [0.05, 0.1) is 19.8 Å². The number of nitrogen functional groups attached to an aromatic ring is 1. The van der Waals surface area contributed by atoms with Crippen LogP contribution in [0, 0.1) is 0 Å². The molecule has 0 radical (unpaired) electrons. The summed E-state index contributed by atoms with van der Waals surface area (Å²) < 4.78 is 6.35. The van der Waals surface area contributed by atoms with Crippen LogP contribution in [-0.4, -0.2) is 69.7 Å². The molecule has 0 saturated carbocycles. The Morgan fingerprint density at radius 3 is 2.40 bits per heavy atom. The quantitative estimate of drug-likeness (QED) is 0.640. The Bertz CT molecular complexity index is 521. The van der Waals surface area contributed by atoms with Crippen LogP contribution < -0.4 is 5.73 Å². The highest BCUT2D eigenvalue weighted by Crippen LogP contribution is 2.17. The smallest absolute Gasteiger partial charge is 0.358 e. The third-order valence-corrected chi connectivity index (χ3v) is 3.13. The van der Waals surface area contributed by atoms with Crippen LogP contribution in [-0.2, 0) is 11.3 Å². The third-order valence-electron chi connectivity index (χ3n) is 3.13. The van der Waals surface area contributed by atoms with E-state index in [0.717, 1.165) is 17.8 Å². The fraction of sp³-hybridized carbons (Fsp3) is 0.545. The predicted molar refractivity (Wildman–Crippen MR) is 67.8 cm³/mol. The summed E-state index contributed by atoms with van der Waals surface area (Å²) in [5.74, 6) is -2.63. The largest absolute Gasteiger partial charge is 0.476 e. The van der Waals surface area contributed by atoms with E-state index in [4.69, 9.17) is 20.7 Å². The minimum Gasteiger partial charge on any atom is -0.476 e. The normalized spacial score (nSPS) is 16.2. The average Bonchev–Trinajstić information content (AvgIpc) is 2.75. The molecule has 0 aliphatic carbocycles. The molecular formula is C11H16N4O5. The molecule has 0 unspecified atom stereocenters. The molecular weight excluding hydrogens is 268 g/mol. The second-order valence-corrected chi connectivity index (χ2v) is 4.40. The first-order valence-electron chi connectivity index (χ1n) is 6.13. The molecule has 1 aliphatic heterocycles. The maximum atomic E-state index is 11.2. The molecule has 9 heteroatoms. The summed E-state index contributed by atoms with van der Waals surface area (Å²) in [6.07, 6.45) is 0. The topological polar surface area (TPSA) is 131 Å². The number of anilines is 1. The number of carboxylic acids is 2. The Morgan fingerprint density at radius 2 is 1.85 bits per heavy atom. The van der Waals surface area contributed by atoms with Crippen molar-refractivity contribution in [2.45, 2.75) is 6.54 Å². The molecule has 0 bridgehead atoms. The van der Waals surface area contributed by atoms with Gasteiger partial charge in [-0.05, 0) is 0 Å². The third kappa shape index (κ3) is 2.89. The van der Waals surface area contributed by atoms with Gasteiger partial charge >= 0.3 is 11.9 Å². The fourth-order valence-electron chi connectivity index (χ4n) is 2.08. The van der Waals surface area contributed by atoms with Crippen LogP contribution in [0.3, 0.4) is 0 Å². The summed E-state index contributed by atoms with van der Waals surface area (Å²) in [7, 11) is 0. The molecule has 9 nitrogen and oxygen atoms in total. The first-order chi connectivity index (χ1) is 9.50. The number of nitrogens with two attached hydrogens (primary N) is 1. The lowest BCUT2D eigenvalue weighted by atomic mass is 10.3. The number of ether oxygens (including phenoxy) is 1. The van der Waals surface area contributed by atoms with Crippen molar-refractivity contribution in [3.05, 3.63) is 11.4 Å². The highest BCUT2D eigenvalue weighted by atomic mass is 16.5. The zero-order valence-electron chi connectivity index (χ0n) is 10.8. The van der Waals surface area contributed by atoms with Crippen molar-refractivity contribution in [1.82, 2.24) is 14.7 Å². The van der Waals surface area contributed by atoms with Gasteiger partial charge in [0, 0.05) is 19.6 Å². The Labute approximate surface area is 114 Å². The summed E-state index contributed by atoms with van der Waals surface area (Å²) in [4.78, 5) is 24.2. The average molecular weight is 284 g/mol. The molecule has 1 aromatic heterocycles. The molecule has 0 atom stereocenters. The number of aromatic carboxylic acids is 2. The predicted octanol–water partition coefficient (Wildman–Crippen LogP) is -0.806. The second kappa shape index (κ2) is 5.88. The van der Waals surface area contributed by atoms with Crippen molar-refractivity contribution in [2.24, 2.45) is 0 Å². The number of carboxylic acid groups (broad SMARTS) is 2. The molecule has 2 heterocycles. The number of aromatic nitrogens is 2. The highest BCUT2D eigenvalue weighted by Gasteiger charge is 2.25. The van der Waals surface area contributed by atoms with E-state index in [1.165, 1.54) is 0 Å². The summed E-state index contributed by atoms with van der Waals surface area (Å²) in [5.41, 5.74) is 4.51. The maximum Gasteiger partial charge on any atom is 0.358 e. The number of hydrogen-bond donors (Lipinski definition) is 3. The van der Waals surface area contributed by atoms with Gasteiger partial charge in [-0.3, -0.25) is 9.58 Å². The Hall–Kier alpha value is -2.13. The van der Waals surface area contributed by atoms with Gasteiger partial charge in [0.15, 0.2) is 11.4 Å². The van der Waals surface area contributed by atoms with Crippen LogP contribution in [0.25, 0.3) is 0 Å². The number of hydrogen-bond acceptors (Lipinski definition) is 6. The highest BCUT2D eigenvalue weighted by molar-refractivity contribution is 6.00. The molecule has 2 rings (SSSR count). The molecule has 20 heavy (non-hydrogen) atoms. The molecule has 110 valence electrons. The van der Waals surface area contributed by atoms with Crippen LogP contribution in [0.4, 0.5) is 5.69 Å². The van der Waals surface area contributed by atoms with E-state index in [-0.39, 0.29) is 17.9 Å². The van der Waals surface area contributed by atoms with E-state index in [1.807, 2.05) is 0 Å².